The van der Waals surface area contributed by atoms with Gasteiger partial charge >= 0.3 is 0 Å². The highest BCUT2D eigenvalue weighted by Crippen LogP contribution is 2.32. The molecule has 1 aromatic rings. The van der Waals surface area contributed by atoms with Crippen molar-refractivity contribution < 1.29 is 9.47 Å². The van der Waals surface area contributed by atoms with Crippen LogP contribution < -0.4 is 9.47 Å². The summed E-state index contributed by atoms with van der Waals surface area (Å²) < 4.78 is 11.8. The Hall–Kier alpha value is -1.44. The summed E-state index contributed by atoms with van der Waals surface area (Å²) in [5, 5.41) is 0. The summed E-state index contributed by atoms with van der Waals surface area (Å²) in [5.74, 6) is 3.62. The molecule has 1 aromatic carbocycles. The third kappa shape index (κ3) is 12.6. The van der Waals surface area contributed by atoms with Gasteiger partial charge in [0.05, 0.1) is 6.61 Å². The maximum atomic E-state index is 5.89. The number of rotatable bonds is 18. The van der Waals surface area contributed by atoms with Gasteiger partial charge < -0.3 is 9.47 Å². The SMILES string of the molecule is CCCCCCCCCCOc1ccc(OC/C=C/[C@H]2CC[C@H](CCCCC)CC2)cc1. The van der Waals surface area contributed by atoms with Gasteiger partial charge in [0, 0.05) is 0 Å². The van der Waals surface area contributed by atoms with E-state index in [0.717, 1.165) is 36.4 Å². The summed E-state index contributed by atoms with van der Waals surface area (Å²) in [6.45, 7) is 6.05. The summed E-state index contributed by atoms with van der Waals surface area (Å²) in [5.41, 5.74) is 0. The van der Waals surface area contributed by atoms with Crippen LogP contribution in [-0.2, 0) is 0 Å². The van der Waals surface area contributed by atoms with E-state index in [9.17, 15) is 0 Å². The first kappa shape index (κ1) is 26.8. The molecule has 0 N–H and O–H groups in total. The molecule has 2 heteroatoms. The lowest BCUT2D eigenvalue weighted by atomic mass is 9.79. The Morgan fingerprint density at radius 3 is 1.91 bits per heavy atom. The minimum absolute atomic E-state index is 0.662. The van der Waals surface area contributed by atoms with E-state index >= 15 is 0 Å². The number of benzene rings is 1. The molecule has 1 fully saturated rings. The topological polar surface area (TPSA) is 18.5 Å². The Kier molecular flexibility index (Phi) is 15.1. The summed E-state index contributed by atoms with van der Waals surface area (Å²) in [4.78, 5) is 0. The highest BCUT2D eigenvalue weighted by molar-refractivity contribution is 5.31. The van der Waals surface area contributed by atoms with Crippen molar-refractivity contribution in [1.82, 2.24) is 0 Å². The van der Waals surface area contributed by atoms with Crippen LogP contribution in [0, 0.1) is 11.8 Å². The van der Waals surface area contributed by atoms with Gasteiger partial charge in [0.25, 0.3) is 0 Å². The molecule has 2 rings (SSSR count). The molecule has 0 radical (unpaired) electrons. The van der Waals surface area contributed by atoms with Crippen LogP contribution in [0.3, 0.4) is 0 Å². The second kappa shape index (κ2) is 18.0. The zero-order valence-corrected chi connectivity index (χ0v) is 21.2. The molecule has 0 bridgehead atoms. The van der Waals surface area contributed by atoms with E-state index in [0.29, 0.717) is 6.61 Å². The average Bonchev–Trinajstić information content (AvgIpc) is 2.83. The standard InChI is InChI=1S/C30H50O2/c1-3-5-7-8-9-10-11-13-25-31-29-21-23-30(24-22-29)32-26-14-16-28-19-17-27(18-20-28)15-12-6-4-2/h14,16,21-24,27-28H,3-13,15,17-20,25-26H2,1-2H3/b16-14+/t27-,28-. The van der Waals surface area contributed by atoms with Gasteiger partial charge in [-0.3, -0.25) is 0 Å². The predicted molar refractivity (Wildman–Crippen MR) is 139 cm³/mol. The highest BCUT2D eigenvalue weighted by atomic mass is 16.5. The Morgan fingerprint density at radius 2 is 1.25 bits per heavy atom. The number of ether oxygens (including phenoxy) is 2. The normalized spacial score (nSPS) is 18.8. The summed E-state index contributed by atoms with van der Waals surface area (Å²) in [7, 11) is 0. The molecule has 0 aliphatic heterocycles. The molecule has 0 saturated heterocycles. The molecule has 182 valence electrons. The second-order valence-electron chi connectivity index (χ2n) is 9.81. The zero-order valence-electron chi connectivity index (χ0n) is 21.2. The largest absolute Gasteiger partial charge is 0.494 e. The van der Waals surface area contributed by atoms with Crippen molar-refractivity contribution in [3.05, 3.63) is 36.4 Å². The van der Waals surface area contributed by atoms with E-state index < -0.39 is 0 Å². The molecule has 0 unspecified atom stereocenters. The summed E-state index contributed by atoms with van der Waals surface area (Å²) in [6.07, 6.45) is 26.4. The number of unbranched alkanes of at least 4 members (excludes halogenated alkanes) is 9. The number of hydrogen-bond acceptors (Lipinski definition) is 2. The molecule has 0 heterocycles. The van der Waals surface area contributed by atoms with Gasteiger partial charge in [0.2, 0.25) is 0 Å². The van der Waals surface area contributed by atoms with Crippen molar-refractivity contribution in [1.29, 1.82) is 0 Å². The lowest BCUT2D eigenvalue weighted by molar-refractivity contribution is 0.288. The first-order valence-electron chi connectivity index (χ1n) is 13.8. The van der Waals surface area contributed by atoms with Gasteiger partial charge in [-0.15, -0.1) is 0 Å². The zero-order chi connectivity index (χ0) is 22.7. The molecule has 2 nitrogen and oxygen atoms in total. The molecule has 0 spiro atoms. The first-order valence-corrected chi connectivity index (χ1v) is 13.8. The molecule has 1 saturated carbocycles. The minimum atomic E-state index is 0.662. The Labute approximate surface area is 199 Å². The van der Waals surface area contributed by atoms with E-state index in [1.807, 2.05) is 24.3 Å². The van der Waals surface area contributed by atoms with Gasteiger partial charge in [-0.1, -0.05) is 96.6 Å². The molecule has 0 aromatic heterocycles. The van der Waals surface area contributed by atoms with Crippen LogP contribution >= 0.6 is 0 Å². The van der Waals surface area contributed by atoms with Crippen LogP contribution in [0.15, 0.2) is 36.4 Å². The van der Waals surface area contributed by atoms with Crippen molar-refractivity contribution in [2.45, 2.75) is 117 Å². The minimum Gasteiger partial charge on any atom is -0.494 e. The maximum absolute atomic E-state index is 5.89. The molecule has 0 atom stereocenters. The fourth-order valence-electron chi connectivity index (χ4n) is 4.80. The van der Waals surface area contributed by atoms with Crippen molar-refractivity contribution in [3.8, 4) is 11.5 Å². The lowest BCUT2D eigenvalue weighted by Crippen LogP contribution is -2.13. The average molecular weight is 443 g/mol. The van der Waals surface area contributed by atoms with Crippen molar-refractivity contribution in [3.63, 3.8) is 0 Å². The van der Waals surface area contributed by atoms with Crippen LogP contribution in [-0.4, -0.2) is 13.2 Å². The van der Waals surface area contributed by atoms with Crippen molar-refractivity contribution in [2.75, 3.05) is 13.2 Å². The predicted octanol–water partition coefficient (Wildman–Crippen LogP) is 9.53. The van der Waals surface area contributed by atoms with E-state index in [1.165, 1.54) is 96.3 Å². The van der Waals surface area contributed by atoms with Crippen molar-refractivity contribution >= 4 is 0 Å². The van der Waals surface area contributed by atoms with Crippen molar-refractivity contribution in [2.24, 2.45) is 11.8 Å². The van der Waals surface area contributed by atoms with Gasteiger partial charge in [0.1, 0.15) is 18.1 Å². The van der Waals surface area contributed by atoms with Gasteiger partial charge in [-0.2, -0.15) is 0 Å². The van der Waals surface area contributed by atoms with E-state index in [4.69, 9.17) is 9.47 Å². The fraction of sp³-hybridized carbons (Fsp3) is 0.733. The third-order valence-corrected chi connectivity index (χ3v) is 6.95. The van der Waals surface area contributed by atoms with Gasteiger partial charge in [-0.25, -0.2) is 0 Å². The highest BCUT2D eigenvalue weighted by Gasteiger charge is 2.18. The molecule has 0 amide bonds. The van der Waals surface area contributed by atoms with E-state index in [-0.39, 0.29) is 0 Å². The number of hydrogen-bond donors (Lipinski definition) is 0. The Balaban J connectivity index is 1.49. The van der Waals surface area contributed by atoms with E-state index in [2.05, 4.69) is 26.0 Å². The maximum Gasteiger partial charge on any atom is 0.120 e. The lowest BCUT2D eigenvalue weighted by Gasteiger charge is -2.26. The summed E-state index contributed by atoms with van der Waals surface area (Å²) in [6, 6.07) is 8.12. The molecular weight excluding hydrogens is 392 g/mol. The van der Waals surface area contributed by atoms with Gasteiger partial charge in [0.15, 0.2) is 0 Å². The quantitative estimate of drug-likeness (QED) is 0.166. The second-order valence-corrected chi connectivity index (χ2v) is 9.81. The van der Waals surface area contributed by atoms with Crippen LogP contribution in [0.4, 0.5) is 0 Å². The Morgan fingerprint density at radius 1 is 0.688 bits per heavy atom. The summed E-state index contributed by atoms with van der Waals surface area (Å²) >= 11 is 0. The van der Waals surface area contributed by atoms with Crippen LogP contribution in [0.25, 0.3) is 0 Å². The van der Waals surface area contributed by atoms with Crippen LogP contribution in [0.5, 0.6) is 11.5 Å². The molecule has 1 aliphatic rings. The number of allylic oxidation sites excluding steroid dienone is 1. The Bertz CT molecular complexity index is 569. The van der Waals surface area contributed by atoms with Gasteiger partial charge in [-0.05, 0) is 68.2 Å². The fourth-order valence-corrected chi connectivity index (χ4v) is 4.80. The molecular formula is C30H50O2. The van der Waals surface area contributed by atoms with E-state index in [1.54, 1.807) is 0 Å². The third-order valence-electron chi connectivity index (χ3n) is 6.95. The molecule has 32 heavy (non-hydrogen) atoms. The monoisotopic (exact) mass is 442 g/mol. The molecule has 1 aliphatic carbocycles. The smallest absolute Gasteiger partial charge is 0.120 e. The van der Waals surface area contributed by atoms with Crippen LogP contribution in [0.2, 0.25) is 0 Å². The first-order chi connectivity index (χ1) is 15.8. The van der Waals surface area contributed by atoms with Crippen LogP contribution in [0.1, 0.15) is 117 Å².